The first-order valence-electron chi connectivity index (χ1n) is 7.53. The molecule has 1 N–H and O–H groups in total. The number of aryl methyl sites for hydroxylation is 1. The van der Waals surface area contributed by atoms with E-state index in [1.54, 1.807) is 6.07 Å². The van der Waals surface area contributed by atoms with E-state index in [0.717, 1.165) is 30.2 Å². The summed E-state index contributed by atoms with van der Waals surface area (Å²) < 4.78 is 13.5. The van der Waals surface area contributed by atoms with Crippen LogP contribution < -0.4 is 5.32 Å². The molecule has 4 rings (SSSR count). The molecule has 1 atom stereocenters. The summed E-state index contributed by atoms with van der Waals surface area (Å²) in [5.41, 5.74) is 3.57. The van der Waals surface area contributed by atoms with E-state index in [9.17, 15) is 4.39 Å². The molecule has 1 heterocycles. The van der Waals surface area contributed by atoms with Crippen LogP contribution in [0, 0.1) is 5.82 Å². The van der Waals surface area contributed by atoms with Crippen molar-refractivity contribution in [3.8, 4) is 0 Å². The number of hydrogen-bond donors (Lipinski definition) is 1. The second-order valence-corrected chi connectivity index (χ2v) is 5.74. The number of rotatable bonds is 2. The van der Waals surface area contributed by atoms with Gasteiger partial charge in [0.15, 0.2) is 0 Å². The summed E-state index contributed by atoms with van der Waals surface area (Å²) in [6.45, 7) is 0. The van der Waals surface area contributed by atoms with Crippen LogP contribution in [-0.4, -0.2) is 16.0 Å². The van der Waals surface area contributed by atoms with Gasteiger partial charge in [0.1, 0.15) is 18.0 Å². The molecular weight excluding hydrogens is 277 g/mol. The van der Waals surface area contributed by atoms with Crippen LogP contribution in [0.25, 0.3) is 10.9 Å². The lowest BCUT2D eigenvalue weighted by molar-refractivity contribution is 0.609. The highest BCUT2D eigenvalue weighted by molar-refractivity contribution is 5.88. The molecule has 0 fully saturated rings. The molecule has 0 saturated heterocycles. The van der Waals surface area contributed by atoms with Gasteiger partial charge in [0.05, 0.1) is 5.52 Å². The van der Waals surface area contributed by atoms with Gasteiger partial charge in [-0.2, -0.15) is 0 Å². The van der Waals surface area contributed by atoms with Crippen LogP contribution in [-0.2, 0) is 12.8 Å². The minimum atomic E-state index is -0.265. The predicted octanol–water partition coefficient (Wildman–Crippen LogP) is 3.74. The van der Waals surface area contributed by atoms with Crippen LogP contribution >= 0.6 is 0 Å². The molecule has 110 valence electrons. The maximum Gasteiger partial charge on any atom is 0.137 e. The van der Waals surface area contributed by atoms with Crippen molar-refractivity contribution in [3.05, 3.63) is 65.7 Å². The first-order chi connectivity index (χ1) is 10.8. The van der Waals surface area contributed by atoms with E-state index in [1.807, 2.05) is 0 Å². The number of nitrogens with zero attached hydrogens (tertiary/aromatic N) is 2. The molecule has 1 aliphatic carbocycles. The van der Waals surface area contributed by atoms with Crippen LogP contribution in [0.15, 0.2) is 48.8 Å². The predicted molar refractivity (Wildman–Crippen MR) is 85.4 cm³/mol. The van der Waals surface area contributed by atoms with E-state index < -0.39 is 0 Å². The van der Waals surface area contributed by atoms with Crippen LogP contribution in [0.5, 0.6) is 0 Å². The Morgan fingerprint density at radius 3 is 2.82 bits per heavy atom. The van der Waals surface area contributed by atoms with Crippen molar-refractivity contribution in [2.24, 2.45) is 0 Å². The minimum absolute atomic E-state index is 0.265. The topological polar surface area (TPSA) is 37.8 Å². The fourth-order valence-electron chi connectivity index (χ4n) is 3.16. The molecule has 1 unspecified atom stereocenters. The van der Waals surface area contributed by atoms with E-state index in [-0.39, 0.29) is 5.82 Å². The van der Waals surface area contributed by atoms with E-state index in [2.05, 4.69) is 39.6 Å². The third-order valence-electron chi connectivity index (χ3n) is 4.29. The van der Waals surface area contributed by atoms with E-state index in [4.69, 9.17) is 0 Å². The van der Waals surface area contributed by atoms with Gasteiger partial charge >= 0.3 is 0 Å². The van der Waals surface area contributed by atoms with Gasteiger partial charge in [0.25, 0.3) is 0 Å². The summed E-state index contributed by atoms with van der Waals surface area (Å²) in [4.78, 5) is 8.50. The van der Waals surface area contributed by atoms with E-state index >= 15 is 0 Å². The maximum atomic E-state index is 13.5. The molecule has 0 bridgehead atoms. The third-order valence-corrected chi connectivity index (χ3v) is 4.29. The summed E-state index contributed by atoms with van der Waals surface area (Å²) >= 11 is 0. The lowest BCUT2D eigenvalue weighted by Crippen LogP contribution is -2.27. The van der Waals surface area contributed by atoms with Gasteiger partial charge in [0, 0.05) is 11.4 Å². The van der Waals surface area contributed by atoms with Crippen LogP contribution in [0.4, 0.5) is 10.2 Å². The average molecular weight is 293 g/mol. The fraction of sp³-hybridized carbons (Fsp3) is 0.222. The summed E-state index contributed by atoms with van der Waals surface area (Å²) in [5, 5.41) is 4.21. The molecule has 3 aromatic rings. The Bertz CT molecular complexity index is 831. The highest BCUT2D eigenvalue weighted by atomic mass is 19.1. The summed E-state index contributed by atoms with van der Waals surface area (Å²) in [5.74, 6) is 0.452. The Balaban J connectivity index is 1.63. The molecule has 0 saturated carbocycles. The van der Waals surface area contributed by atoms with Gasteiger partial charge in [-0.05, 0) is 48.6 Å². The van der Waals surface area contributed by atoms with E-state index in [0.29, 0.717) is 11.9 Å². The quantitative estimate of drug-likeness (QED) is 0.782. The molecule has 0 radical (unpaired) electrons. The van der Waals surface area contributed by atoms with Gasteiger partial charge in [-0.25, -0.2) is 14.4 Å². The van der Waals surface area contributed by atoms with Crippen molar-refractivity contribution in [2.75, 3.05) is 5.32 Å². The molecule has 22 heavy (non-hydrogen) atoms. The lowest BCUT2D eigenvalue weighted by atomic mass is 9.88. The number of halogens is 1. The number of nitrogens with one attached hydrogen (secondary N) is 1. The van der Waals surface area contributed by atoms with Crippen molar-refractivity contribution >= 4 is 16.7 Å². The zero-order valence-corrected chi connectivity index (χ0v) is 12.1. The highest BCUT2D eigenvalue weighted by Crippen LogP contribution is 2.26. The average Bonchev–Trinajstić information content (AvgIpc) is 2.55. The third kappa shape index (κ3) is 2.41. The van der Waals surface area contributed by atoms with Gasteiger partial charge < -0.3 is 5.32 Å². The second-order valence-electron chi connectivity index (χ2n) is 5.74. The Labute approximate surface area is 128 Å². The molecule has 1 aliphatic rings. The van der Waals surface area contributed by atoms with Gasteiger partial charge in [0.2, 0.25) is 0 Å². The number of aromatic nitrogens is 2. The van der Waals surface area contributed by atoms with Crippen molar-refractivity contribution in [2.45, 2.75) is 25.3 Å². The Morgan fingerprint density at radius 1 is 1.05 bits per heavy atom. The summed E-state index contributed by atoms with van der Waals surface area (Å²) in [7, 11) is 0. The summed E-state index contributed by atoms with van der Waals surface area (Å²) in [6.07, 6.45) is 4.61. The maximum absolute atomic E-state index is 13.5. The van der Waals surface area contributed by atoms with Gasteiger partial charge in [-0.3, -0.25) is 0 Å². The molecule has 1 aromatic heterocycles. The zero-order valence-electron chi connectivity index (χ0n) is 12.1. The Hall–Kier alpha value is -2.49. The van der Waals surface area contributed by atoms with Crippen LogP contribution in [0.2, 0.25) is 0 Å². The highest BCUT2D eigenvalue weighted by Gasteiger charge is 2.19. The van der Waals surface area contributed by atoms with Crippen LogP contribution in [0.3, 0.4) is 0 Å². The second kappa shape index (κ2) is 5.37. The first-order valence-corrected chi connectivity index (χ1v) is 7.53. The molecular formula is C18H16FN3. The van der Waals surface area contributed by atoms with Gasteiger partial charge in [-0.1, -0.05) is 24.3 Å². The van der Waals surface area contributed by atoms with Crippen molar-refractivity contribution in [1.82, 2.24) is 9.97 Å². The SMILES string of the molecule is Fc1ccc2ncnc(NC3CCc4ccccc4C3)c2c1. The Kier molecular flexibility index (Phi) is 3.22. The monoisotopic (exact) mass is 293 g/mol. The molecule has 4 heteroatoms. The van der Waals surface area contributed by atoms with E-state index in [1.165, 1.54) is 29.6 Å². The standard InChI is InChI=1S/C18H16FN3/c19-14-6-8-17-16(10-14)18(21-11-20-17)22-15-7-5-12-3-1-2-4-13(12)9-15/h1-4,6,8,10-11,15H,5,7,9H2,(H,20,21,22). The normalized spacial score (nSPS) is 17.2. The molecule has 0 spiro atoms. The lowest BCUT2D eigenvalue weighted by Gasteiger charge is -2.26. The van der Waals surface area contributed by atoms with Gasteiger partial charge in [-0.15, -0.1) is 0 Å². The fourth-order valence-corrected chi connectivity index (χ4v) is 3.16. The van der Waals surface area contributed by atoms with Crippen LogP contribution in [0.1, 0.15) is 17.5 Å². The van der Waals surface area contributed by atoms with Crippen molar-refractivity contribution in [1.29, 1.82) is 0 Å². The minimum Gasteiger partial charge on any atom is -0.366 e. The molecule has 2 aromatic carbocycles. The Morgan fingerprint density at radius 2 is 1.91 bits per heavy atom. The number of benzene rings is 2. The number of hydrogen-bond acceptors (Lipinski definition) is 3. The number of fused-ring (bicyclic) bond motifs is 2. The molecule has 0 amide bonds. The zero-order chi connectivity index (χ0) is 14.9. The van der Waals surface area contributed by atoms with Crippen molar-refractivity contribution in [3.63, 3.8) is 0 Å². The molecule has 3 nitrogen and oxygen atoms in total. The summed E-state index contributed by atoms with van der Waals surface area (Å²) in [6, 6.07) is 13.5. The largest absolute Gasteiger partial charge is 0.366 e. The number of anilines is 1. The molecule has 0 aliphatic heterocycles. The first kappa shape index (κ1) is 13.2. The van der Waals surface area contributed by atoms with Crippen molar-refractivity contribution < 1.29 is 4.39 Å². The smallest absolute Gasteiger partial charge is 0.137 e.